The molecule has 5 nitrogen and oxygen atoms in total. The Hall–Kier alpha value is -2.53. The lowest BCUT2D eigenvalue weighted by molar-refractivity contribution is -0.120. The van der Waals surface area contributed by atoms with Gasteiger partial charge in [0, 0.05) is 13.2 Å². The van der Waals surface area contributed by atoms with Gasteiger partial charge in [-0.25, -0.2) is 0 Å². The predicted molar refractivity (Wildman–Crippen MR) is 104 cm³/mol. The highest BCUT2D eigenvalue weighted by Gasteiger charge is 2.17. The van der Waals surface area contributed by atoms with Gasteiger partial charge < -0.3 is 19.5 Å². The SMILES string of the molecule is COc1cc(CNC(=O)Cc2ccc(C)cc2)ccc1OC[C@@H]1CCCO1. The van der Waals surface area contributed by atoms with E-state index in [1.54, 1.807) is 7.11 Å². The second-order valence-electron chi connectivity index (χ2n) is 6.87. The quantitative estimate of drug-likeness (QED) is 0.775. The highest BCUT2D eigenvalue weighted by Crippen LogP contribution is 2.29. The molecule has 2 aromatic rings. The zero-order valence-corrected chi connectivity index (χ0v) is 16.0. The molecule has 144 valence electrons. The predicted octanol–water partition coefficient (Wildman–Crippen LogP) is 3.42. The number of aryl methyl sites for hydroxylation is 1. The van der Waals surface area contributed by atoms with Crippen molar-refractivity contribution in [3.05, 3.63) is 59.2 Å². The minimum atomic E-state index is -0.00321. The van der Waals surface area contributed by atoms with Crippen LogP contribution in [0.15, 0.2) is 42.5 Å². The van der Waals surface area contributed by atoms with Gasteiger partial charge in [-0.05, 0) is 43.0 Å². The van der Waals surface area contributed by atoms with Crippen LogP contribution in [0.1, 0.15) is 29.5 Å². The Morgan fingerprint density at radius 2 is 1.93 bits per heavy atom. The van der Waals surface area contributed by atoms with E-state index < -0.39 is 0 Å². The molecule has 0 aromatic heterocycles. The molecular weight excluding hydrogens is 342 g/mol. The lowest BCUT2D eigenvalue weighted by Crippen LogP contribution is -2.24. The van der Waals surface area contributed by atoms with Crippen molar-refractivity contribution in [3.63, 3.8) is 0 Å². The molecule has 0 saturated carbocycles. The largest absolute Gasteiger partial charge is 0.493 e. The summed E-state index contributed by atoms with van der Waals surface area (Å²) < 4.78 is 16.9. The number of carbonyl (C=O) groups is 1. The third kappa shape index (κ3) is 5.73. The number of benzene rings is 2. The Morgan fingerprint density at radius 1 is 1.15 bits per heavy atom. The molecule has 0 radical (unpaired) electrons. The van der Waals surface area contributed by atoms with Gasteiger partial charge in [0.05, 0.1) is 19.6 Å². The van der Waals surface area contributed by atoms with Gasteiger partial charge in [-0.15, -0.1) is 0 Å². The fourth-order valence-corrected chi connectivity index (χ4v) is 3.05. The molecule has 1 amide bonds. The molecule has 1 atom stereocenters. The molecular formula is C22H27NO4. The van der Waals surface area contributed by atoms with Crippen molar-refractivity contribution >= 4 is 5.91 Å². The summed E-state index contributed by atoms with van der Waals surface area (Å²) in [5.74, 6) is 1.36. The minimum absolute atomic E-state index is 0.00321. The summed E-state index contributed by atoms with van der Waals surface area (Å²) in [5.41, 5.74) is 3.16. The van der Waals surface area contributed by atoms with Gasteiger partial charge in [-0.1, -0.05) is 35.9 Å². The summed E-state index contributed by atoms with van der Waals surface area (Å²) in [7, 11) is 1.62. The topological polar surface area (TPSA) is 56.8 Å². The fraction of sp³-hybridized carbons (Fsp3) is 0.409. The maximum Gasteiger partial charge on any atom is 0.224 e. The number of rotatable bonds is 8. The van der Waals surface area contributed by atoms with E-state index in [1.807, 2.05) is 49.4 Å². The Labute approximate surface area is 160 Å². The molecule has 1 saturated heterocycles. The van der Waals surface area contributed by atoms with Gasteiger partial charge in [0.1, 0.15) is 6.61 Å². The second-order valence-corrected chi connectivity index (χ2v) is 6.87. The molecule has 0 unspecified atom stereocenters. The first kappa shape index (κ1) is 19.2. The summed E-state index contributed by atoms with van der Waals surface area (Å²) in [6, 6.07) is 13.7. The summed E-state index contributed by atoms with van der Waals surface area (Å²) in [4.78, 5) is 12.2. The van der Waals surface area contributed by atoms with Crippen molar-refractivity contribution < 1.29 is 19.0 Å². The van der Waals surface area contributed by atoms with Crippen molar-refractivity contribution in [1.29, 1.82) is 0 Å². The van der Waals surface area contributed by atoms with Gasteiger partial charge in [0.15, 0.2) is 11.5 Å². The molecule has 0 aliphatic carbocycles. The number of amides is 1. The number of carbonyl (C=O) groups excluding carboxylic acids is 1. The van der Waals surface area contributed by atoms with E-state index in [0.29, 0.717) is 31.1 Å². The maximum absolute atomic E-state index is 12.2. The molecule has 27 heavy (non-hydrogen) atoms. The number of methoxy groups -OCH3 is 1. The molecule has 1 fully saturated rings. The molecule has 0 spiro atoms. The number of hydrogen-bond donors (Lipinski definition) is 1. The van der Waals surface area contributed by atoms with Crippen LogP contribution in [0, 0.1) is 6.92 Å². The summed E-state index contributed by atoms with van der Waals surface area (Å²) in [6.07, 6.45) is 2.66. The van der Waals surface area contributed by atoms with Crippen LogP contribution in [-0.2, 0) is 22.5 Å². The van der Waals surface area contributed by atoms with E-state index in [4.69, 9.17) is 14.2 Å². The Balaban J connectivity index is 1.51. The van der Waals surface area contributed by atoms with Crippen LogP contribution in [-0.4, -0.2) is 32.3 Å². The molecule has 1 heterocycles. The normalized spacial score (nSPS) is 16.1. The van der Waals surface area contributed by atoms with E-state index in [9.17, 15) is 4.79 Å². The van der Waals surface area contributed by atoms with Gasteiger partial charge >= 0.3 is 0 Å². The summed E-state index contributed by atoms with van der Waals surface area (Å²) in [6.45, 7) is 3.83. The highest BCUT2D eigenvalue weighted by atomic mass is 16.5. The Bertz CT molecular complexity index is 751. The van der Waals surface area contributed by atoms with E-state index in [0.717, 1.165) is 30.6 Å². The van der Waals surface area contributed by atoms with Crippen molar-refractivity contribution in [1.82, 2.24) is 5.32 Å². The van der Waals surface area contributed by atoms with Crippen molar-refractivity contribution in [3.8, 4) is 11.5 Å². The zero-order chi connectivity index (χ0) is 19.1. The third-order valence-corrected chi connectivity index (χ3v) is 4.65. The van der Waals surface area contributed by atoms with Crippen molar-refractivity contribution in [2.24, 2.45) is 0 Å². The highest BCUT2D eigenvalue weighted by molar-refractivity contribution is 5.78. The Morgan fingerprint density at radius 3 is 2.63 bits per heavy atom. The molecule has 2 aromatic carbocycles. The standard InChI is InChI=1S/C22H27NO4/c1-16-5-7-17(8-6-16)13-22(24)23-14-18-9-10-20(21(12-18)25-2)27-15-19-4-3-11-26-19/h5-10,12,19H,3-4,11,13-15H2,1-2H3,(H,23,24)/t19-/m0/s1. The average molecular weight is 369 g/mol. The monoisotopic (exact) mass is 369 g/mol. The van der Waals surface area contributed by atoms with Gasteiger partial charge in [-0.3, -0.25) is 4.79 Å². The molecule has 1 N–H and O–H groups in total. The number of nitrogens with one attached hydrogen (secondary N) is 1. The van der Waals surface area contributed by atoms with Crippen molar-refractivity contribution in [2.75, 3.05) is 20.3 Å². The second kappa shape index (κ2) is 9.42. The smallest absolute Gasteiger partial charge is 0.224 e. The van der Waals surface area contributed by atoms with Crippen LogP contribution >= 0.6 is 0 Å². The fourth-order valence-electron chi connectivity index (χ4n) is 3.05. The van der Waals surface area contributed by atoms with Crippen LogP contribution in [0.2, 0.25) is 0 Å². The van der Waals surface area contributed by atoms with E-state index in [1.165, 1.54) is 5.56 Å². The molecule has 5 heteroatoms. The van der Waals surface area contributed by atoms with Crippen LogP contribution in [0.5, 0.6) is 11.5 Å². The van der Waals surface area contributed by atoms with E-state index >= 15 is 0 Å². The van der Waals surface area contributed by atoms with Crippen molar-refractivity contribution in [2.45, 2.75) is 38.8 Å². The number of ether oxygens (including phenoxy) is 3. The molecule has 3 rings (SSSR count). The first-order valence-corrected chi connectivity index (χ1v) is 9.37. The summed E-state index contributed by atoms with van der Waals surface area (Å²) in [5, 5.41) is 2.95. The minimum Gasteiger partial charge on any atom is -0.493 e. The Kier molecular flexibility index (Phi) is 6.71. The zero-order valence-electron chi connectivity index (χ0n) is 16.0. The van der Waals surface area contributed by atoms with Gasteiger partial charge in [-0.2, -0.15) is 0 Å². The first-order chi connectivity index (χ1) is 13.1. The van der Waals surface area contributed by atoms with Crippen LogP contribution in [0.25, 0.3) is 0 Å². The van der Waals surface area contributed by atoms with E-state index in [2.05, 4.69) is 5.32 Å². The molecule has 1 aliphatic heterocycles. The number of hydrogen-bond acceptors (Lipinski definition) is 4. The van der Waals surface area contributed by atoms with Crippen LogP contribution in [0.4, 0.5) is 0 Å². The van der Waals surface area contributed by atoms with Crippen LogP contribution < -0.4 is 14.8 Å². The average Bonchev–Trinajstić information content (AvgIpc) is 3.20. The third-order valence-electron chi connectivity index (χ3n) is 4.65. The summed E-state index contributed by atoms with van der Waals surface area (Å²) >= 11 is 0. The maximum atomic E-state index is 12.2. The van der Waals surface area contributed by atoms with Gasteiger partial charge in [0.25, 0.3) is 0 Å². The van der Waals surface area contributed by atoms with Gasteiger partial charge in [0.2, 0.25) is 5.91 Å². The lowest BCUT2D eigenvalue weighted by Gasteiger charge is -2.15. The lowest BCUT2D eigenvalue weighted by atomic mass is 10.1. The first-order valence-electron chi connectivity index (χ1n) is 9.37. The van der Waals surface area contributed by atoms with E-state index in [-0.39, 0.29) is 12.0 Å². The van der Waals surface area contributed by atoms with Crippen LogP contribution in [0.3, 0.4) is 0 Å². The molecule has 1 aliphatic rings. The molecule has 0 bridgehead atoms.